The molecule has 9 heteroatoms. The van der Waals surface area contributed by atoms with E-state index in [9.17, 15) is 9.90 Å². The van der Waals surface area contributed by atoms with Crippen LogP contribution in [0.1, 0.15) is 81.9 Å². The Bertz CT molecular complexity index is 1130. The first kappa shape index (κ1) is 26.6. The number of pyridine rings is 1. The molecule has 0 spiro atoms. The molecule has 0 aliphatic carbocycles. The van der Waals surface area contributed by atoms with Crippen molar-refractivity contribution in [1.29, 1.82) is 0 Å². The molecule has 194 valence electrons. The van der Waals surface area contributed by atoms with Crippen LogP contribution in [0.4, 0.5) is 5.82 Å². The minimum absolute atomic E-state index is 0.178. The molecule has 1 N–H and O–H groups in total. The third-order valence-electron chi connectivity index (χ3n) is 7.13. The summed E-state index contributed by atoms with van der Waals surface area (Å²) in [6.07, 6.45) is -0.224. The average Bonchev–Trinajstić information content (AvgIpc) is 3.02. The number of fused-ring (bicyclic) bond motifs is 1. The molecule has 4 rings (SSSR count). The third kappa shape index (κ3) is 5.16. The zero-order valence-electron chi connectivity index (χ0n) is 22.5. The summed E-state index contributed by atoms with van der Waals surface area (Å²) < 4.78 is 23.4. The maximum atomic E-state index is 13.3. The van der Waals surface area contributed by atoms with Gasteiger partial charge in [-0.15, -0.1) is 0 Å². The van der Waals surface area contributed by atoms with Crippen molar-refractivity contribution < 1.29 is 28.7 Å². The molecule has 36 heavy (non-hydrogen) atoms. The predicted molar refractivity (Wildman–Crippen MR) is 138 cm³/mol. The van der Waals surface area contributed by atoms with Crippen LogP contribution < -0.4 is 10.4 Å². The standard InChI is InChI=1S/C27H37BN2O6/c1-25(2,3)34-24(32)22-20(28-35-26(4,5)27(6,7)36-28)12-13-21(29-22)30-15-14-17-10-9-11-18(19(17)16-30)23(31)33-8/h9-13,23,31H,14-16H2,1-8H3. The second kappa shape index (κ2) is 9.45. The summed E-state index contributed by atoms with van der Waals surface area (Å²) in [5, 5.41) is 10.4. The number of rotatable bonds is 5. The van der Waals surface area contributed by atoms with Crippen LogP contribution in [-0.4, -0.2) is 53.6 Å². The lowest BCUT2D eigenvalue weighted by atomic mass is 9.77. The largest absolute Gasteiger partial charge is 0.497 e. The summed E-state index contributed by atoms with van der Waals surface area (Å²) in [6.45, 7) is 14.6. The van der Waals surface area contributed by atoms with E-state index in [0.717, 1.165) is 24.1 Å². The molecule has 8 nitrogen and oxygen atoms in total. The number of ether oxygens (including phenoxy) is 2. The van der Waals surface area contributed by atoms with Gasteiger partial charge >= 0.3 is 13.1 Å². The van der Waals surface area contributed by atoms with E-state index in [-0.39, 0.29) is 5.69 Å². The zero-order valence-corrected chi connectivity index (χ0v) is 22.5. The van der Waals surface area contributed by atoms with Crippen molar-refractivity contribution in [1.82, 2.24) is 4.98 Å². The topological polar surface area (TPSA) is 90.4 Å². The number of aliphatic hydroxyl groups excluding tert-OH is 1. The van der Waals surface area contributed by atoms with Crippen LogP contribution >= 0.6 is 0 Å². The fourth-order valence-corrected chi connectivity index (χ4v) is 4.45. The van der Waals surface area contributed by atoms with E-state index in [2.05, 4.69) is 11.0 Å². The first-order valence-corrected chi connectivity index (χ1v) is 12.4. The van der Waals surface area contributed by atoms with Crippen molar-refractivity contribution in [2.45, 2.75) is 84.5 Å². The van der Waals surface area contributed by atoms with Crippen LogP contribution in [0.25, 0.3) is 0 Å². The van der Waals surface area contributed by atoms with E-state index in [4.69, 9.17) is 23.8 Å². The summed E-state index contributed by atoms with van der Waals surface area (Å²) in [4.78, 5) is 20.2. The third-order valence-corrected chi connectivity index (χ3v) is 7.13. The number of aromatic nitrogens is 1. The van der Waals surface area contributed by atoms with Crippen molar-refractivity contribution in [3.05, 3.63) is 52.7 Å². The van der Waals surface area contributed by atoms with E-state index in [0.29, 0.717) is 17.8 Å². The van der Waals surface area contributed by atoms with Gasteiger partial charge in [0.25, 0.3) is 0 Å². The number of benzene rings is 1. The van der Waals surface area contributed by atoms with Crippen molar-refractivity contribution >= 4 is 24.4 Å². The van der Waals surface area contributed by atoms with Crippen LogP contribution in [0, 0.1) is 0 Å². The van der Waals surface area contributed by atoms with E-state index < -0.39 is 36.2 Å². The molecular weight excluding hydrogens is 459 g/mol. The minimum atomic E-state index is -1.00. The van der Waals surface area contributed by atoms with Crippen LogP contribution in [0.2, 0.25) is 0 Å². The number of anilines is 1. The van der Waals surface area contributed by atoms with Gasteiger partial charge in [0.05, 0.1) is 11.2 Å². The number of methoxy groups -OCH3 is 1. The fraction of sp³-hybridized carbons (Fsp3) is 0.556. The molecular formula is C27H37BN2O6. The Hall–Kier alpha value is -2.46. The summed E-state index contributed by atoms with van der Waals surface area (Å²) in [5.41, 5.74) is 1.83. The van der Waals surface area contributed by atoms with E-state index >= 15 is 0 Å². The smallest absolute Gasteiger partial charge is 0.455 e. The lowest BCUT2D eigenvalue weighted by Gasteiger charge is -2.32. The van der Waals surface area contributed by atoms with Gasteiger partial charge in [0.2, 0.25) is 0 Å². The molecule has 1 saturated heterocycles. The van der Waals surface area contributed by atoms with Crippen molar-refractivity contribution in [2.24, 2.45) is 0 Å². The summed E-state index contributed by atoms with van der Waals surface area (Å²) >= 11 is 0. The quantitative estimate of drug-likeness (QED) is 0.382. The first-order chi connectivity index (χ1) is 16.7. The van der Waals surface area contributed by atoms with Crippen molar-refractivity contribution in [3.63, 3.8) is 0 Å². The molecule has 3 heterocycles. The Labute approximate surface area is 214 Å². The Morgan fingerprint density at radius 1 is 1.14 bits per heavy atom. The molecule has 0 bridgehead atoms. The lowest BCUT2D eigenvalue weighted by Crippen LogP contribution is -2.41. The van der Waals surface area contributed by atoms with E-state index in [1.165, 1.54) is 12.7 Å². The Balaban J connectivity index is 1.71. The second-order valence-corrected chi connectivity index (χ2v) is 11.4. The minimum Gasteiger partial charge on any atom is -0.455 e. The zero-order chi connectivity index (χ0) is 26.5. The van der Waals surface area contributed by atoms with Crippen LogP contribution in [0.5, 0.6) is 0 Å². The SMILES string of the molecule is COC(O)c1cccc2c1CN(c1ccc(B3OC(C)(C)C(C)(C)O3)c(C(=O)OC(C)(C)C)n1)CC2. The predicted octanol–water partition coefficient (Wildman–Crippen LogP) is 3.54. The van der Waals surface area contributed by atoms with Crippen LogP contribution in [0.3, 0.4) is 0 Å². The van der Waals surface area contributed by atoms with Crippen LogP contribution in [-0.2, 0) is 31.7 Å². The van der Waals surface area contributed by atoms with Crippen LogP contribution in [0.15, 0.2) is 30.3 Å². The highest BCUT2D eigenvalue weighted by Crippen LogP contribution is 2.37. The van der Waals surface area contributed by atoms with Gasteiger partial charge in [0, 0.05) is 31.2 Å². The van der Waals surface area contributed by atoms with E-state index in [1.807, 2.05) is 72.7 Å². The Morgan fingerprint density at radius 2 is 1.81 bits per heavy atom. The number of carbonyl (C=O) groups is 1. The Kier molecular flexibility index (Phi) is 6.98. The van der Waals surface area contributed by atoms with Crippen molar-refractivity contribution in [3.8, 4) is 0 Å². The van der Waals surface area contributed by atoms with Gasteiger partial charge < -0.3 is 28.8 Å². The molecule has 0 saturated carbocycles. The summed E-state index contributed by atoms with van der Waals surface area (Å²) in [7, 11) is 0.734. The normalized spacial score (nSPS) is 19.7. The fourth-order valence-electron chi connectivity index (χ4n) is 4.45. The van der Waals surface area contributed by atoms with Crippen molar-refractivity contribution in [2.75, 3.05) is 18.6 Å². The van der Waals surface area contributed by atoms with Gasteiger partial charge in [0.1, 0.15) is 11.4 Å². The monoisotopic (exact) mass is 496 g/mol. The maximum Gasteiger partial charge on any atom is 0.497 e. The number of esters is 1. The molecule has 1 fully saturated rings. The highest BCUT2D eigenvalue weighted by Gasteiger charge is 2.53. The number of carbonyl (C=O) groups excluding carboxylic acids is 1. The molecule has 0 amide bonds. The van der Waals surface area contributed by atoms with Gasteiger partial charge in [-0.1, -0.05) is 24.3 Å². The molecule has 2 aliphatic heterocycles. The lowest BCUT2D eigenvalue weighted by molar-refractivity contribution is -0.0775. The van der Waals surface area contributed by atoms with Gasteiger partial charge in [0.15, 0.2) is 12.0 Å². The molecule has 0 radical (unpaired) electrons. The molecule has 1 atom stereocenters. The number of nitrogens with zero attached hydrogens (tertiary/aromatic N) is 2. The summed E-state index contributed by atoms with van der Waals surface area (Å²) in [6, 6.07) is 9.60. The van der Waals surface area contributed by atoms with Gasteiger partial charge in [-0.25, -0.2) is 9.78 Å². The molecule has 2 aliphatic rings. The number of aliphatic hydroxyl groups is 1. The second-order valence-electron chi connectivity index (χ2n) is 11.4. The number of hydrogen-bond donors (Lipinski definition) is 1. The van der Waals surface area contributed by atoms with E-state index in [1.54, 1.807) is 0 Å². The Morgan fingerprint density at radius 3 is 2.42 bits per heavy atom. The maximum absolute atomic E-state index is 13.3. The first-order valence-electron chi connectivity index (χ1n) is 12.4. The molecule has 2 aromatic rings. The van der Waals surface area contributed by atoms with Gasteiger partial charge in [-0.05, 0) is 72.1 Å². The number of hydrogen-bond acceptors (Lipinski definition) is 8. The van der Waals surface area contributed by atoms with Gasteiger partial charge in [-0.3, -0.25) is 0 Å². The molecule has 1 unspecified atom stereocenters. The highest BCUT2D eigenvalue weighted by molar-refractivity contribution is 6.63. The van der Waals surface area contributed by atoms with Gasteiger partial charge in [-0.2, -0.15) is 0 Å². The molecule has 1 aromatic carbocycles. The summed E-state index contributed by atoms with van der Waals surface area (Å²) in [5.74, 6) is 0.116. The average molecular weight is 496 g/mol. The highest BCUT2D eigenvalue weighted by atomic mass is 16.7. The molecule has 1 aromatic heterocycles.